The molecular formula is C28H39N3O4. The maximum absolute atomic E-state index is 14.0. The highest BCUT2D eigenvalue weighted by Gasteiger charge is 2.36. The number of hydrogen-bond acceptors (Lipinski definition) is 4. The lowest BCUT2D eigenvalue weighted by Crippen LogP contribution is -2.54. The van der Waals surface area contributed by atoms with Crippen LogP contribution in [0.4, 0.5) is 4.79 Å². The van der Waals surface area contributed by atoms with Gasteiger partial charge in [0.05, 0.1) is 0 Å². The van der Waals surface area contributed by atoms with Crippen molar-refractivity contribution in [2.24, 2.45) is 0 Å². The summed E-state index contributed by atoms with van der Waals surface area (Å²) in [5.41, 5.74) is 1.83. The van der Waals surface area contributed by atoms with Crippen molar-refractivity contribution in [2.45, 2.75) is 78.6 Å². The zero-order chi connectivity index (χ0) is 26.2. The van der Waals surface area contributed by atoms with Gasteiger partial charge >= 0.3 is 6.09 Å². The molecule has 2 unspecified atom stereocenters. The molecule has 0 aromatic heterocycles. The summed E-state index contributed by atoms with van der Waals surface area (Å²) in [5.74, 6) is -0.616. The minimum atomic E-state index is -0.912. The summed E-state index contributed by atoms with van der Waals surface area (Å²) >= 11 is 0. The molecule has 0 aliphatic rings. The molecule has 0 fully saturated rings. The molecule has 7 heteroatoms. The van der Waals surface area contributed by atoms with E-state index in [9.17, 15) is 14.4 Å². The third-order valence-electron chi connectivity index (χ3n) is 5.37. The standard InChI is InChI=1S/C28H39N3O4/c1-8-31(24(25(32)29-19(2)3)22-17-13-12-14-20(22)4)26(33)23(18-21-15-10-9-11-16-21)30-27(34)35-28(5,6)7/h9-17,19,23-24H,8,18H2,1-7H3,(H,29,32)(H,30,34). The summed E-state index contributed by atoms with van der Waals surface area (Å²) < 4.78 is 5.43. The first-order valence-corrected chi connectivity index (χ1v) is 12.1. The average molecular weight is 482 g/mol. The van der Waals surface area contributed by atoms with Gasteiger partial charge in [-0.15, -0.1) is 0 Å². The Balaban J connectivity index is 2.47. The van der Waals surface area contributed by atoms with E-state index in [1.165, 1.54) is 4.90 Å². The molecule has 0 spiro atoms. The van der Waals surface area contributed by atoms with Gasteiger partial charge in [0, 0.05) is 19.0 Å². The molecule has 3 amide bonds. The highest BCUT2D eigenvalue weighted by Crippen LogP contribution is 2.26. The number of benzene rings is 2. The van der Waals surface area contributed by atoms with Crippen molar-refractivity contribution >= 4 is 17.9 Å². The van der Waals surface area contributed by atoms with Gasteiger partial charge in [0.15, 0.2) is 0 Å². The first-order chi connectivity index (χ1) is 16.4. The van der Waals surface area contributed by atoms with Crippen LogP contribution >= 0.6 is 0 Å². The van der Waals surface area contributed by atoms with Crippen molar-refractivity contribution in [1.82, 2.24) is 15.5 Å². The molecule has 35 heavy (non-hydrogen) atoms. The van der Waals surface area contributed by atoms with Crippen molar-refractivity contribution in [3.8, 4) is 0 Å². The van der Waals surface area contributed by atoms with Gasteiger partial charge in [-0.3, -0.25) is 9.59 Å². The third kappa shape index (κ3) is 8.42. The van der Waals surface area contributed by atoms with E-state index in [1.54, 1.807) is 20.8 Å². The van der Waals surface area contributed by atoms with Gasteiger partial charge in [-0.05, 0) is 65.2 Å². The van der Waals surface area contributed by atoms with E-state index in [4.69, 9.17) is 4.74 Å². The molecule has 0 saturated heterocycles. The van der Waals surface area contributed by atoms with Gasteiger partial charge in [0.25, 0.3) is 0 Å². The molecule has 7 nitrogen and oxygen atoms in total. The summed E-state index contributed by atoms with van der Waals surface area (Å²) in [6.45, 7) is 13.1. The minimum absolute atomic E-state index is 0.0946. The van der Waals surface area contributed by atoms with Gasteiger partial charge in [0.1, 0.15) is 17.7 Å². The highest BCUT2D eigenvalue weighted by atomic mass is 16.6. The van der Waals surface area contributed by atoms with E-state index < -0.39 is 23.8 Å². The number of rotatable bonds is 9. The second-order valence-electron chi connectivity index (χ2n) is 9.94. The molecule has 190 valence electrons. The fourth-order valence-electron chi connectivity index (χ4n) is 3.87. The zero-order valence-corrected chi connectivity index (χ0v) is 21.9. The molecule has 2 rings (SSSR count). The SMILES string of the molecule is CCN(C(=O)C(Cc1ccccc1)NC(=O)OC(C)(C)C)C(C(=O)NC(C)C)c1ccccc1C. The van der Waals surface area contributed by atoms with Crippen LogP contribution < -0.4 is 10.6 Å². The van der Waals surface area contributed by atoms with Gasteiger partial charge < -0.3 is 20.3 Å². The maximum Gasteiger partial charge on any atom is 0.408 e. The number of likely N-dealkylation sites (N-methyl/N-ethyl adjacent to an activating group) is 1. The smallest absolute Gasteiger partial charge is 0.408 e. The summed E-state index contributed by atoms with van der Waals surface area (Å²) in [6, 6.07) is 15.2. The number of nitrogens with one attached hydrogen (secondary N) is 2. The molecule has 0 bridgehead atoms. The van der Waals surface area contributed by atoms with E-state index in [0.717, 1.165) is 16.7 Å². The number of aryl methyl sites for hydroxylation is 1. The van der Waals surface area contributed by atoms with Crippen molar-refractivity contribution in [3.05, 3.63) is 71.3 Å². The lowest BCUT2D eigenvalue weighted by atomic mass is 9.97. The predicted molar refractivity (Wildman–Crippen MR) is 138 cm³/mol. The van der Waals surface area contributed by atoms with Crippen LogP contribution in [0.3, 0.4) is 0 Å². The Bertz CT molecular complexity index is 999. The second-order valence-corrected chi connectivity index (χ2v) is 9.94. The summed E-state index contributed by atoms with van der Waals surface area (Å²) in [7, 11) is 0. The summed E-state index contributed by atoms with van der Waals surface area (Å²) in [6.07, 6.45) is -0.413. The lowest BCUT2D eigenvalue weighted by molar-refractivity contribution is -0.142. The molecule has 0 aliphatic heterocycles. The normalized spacial score (nSPS) is 13.0. The summed E-state index contributed by atoms with van der Waals surface area (Å²) in [4.78, 5) is 41.6. The quantitative estimate of drug-likeness (QED) is 0.550. The number of carbonyl (C=O) groups excluding carboxylic acids is 3. The molecule has 2 atom stereocenters. The monoisotopic (exact) mass is 481 g/mol. The molecule has 2 aromatic carbocycles. The Labute approximate surface area is 209 Å². The van der Waals surface area contributed by atoms with E-state index in [-0.39, 0.29) is 30.8 Å². The Morgan fingerprint density at radius 2 is 1.54 bits per heavy atom. The maximum atomic E-state index is 14.0. The van der Waals surface area contributed by atoms with Crippen LogP contribution in [0.1, 0.15) is 64.3 Å². The van der Waals surface area contributed by atoms with Crippen LogP contribution in [0, 0.1) is 6.92 Å². The second kappa shape index (κ2) is 12.4. The van der Waals surface area contributed by atoms with E-state index in [0.29, 0.717) is 0 Å². The van der Waals surface area contributed by atoms with Crippen LogP contribution in [0.25, 0.3) is 0 Å². The Hall–Kier alpha value is -3.35. The predicted octanol–water partition coefficient (Wildman–Crippen LogP) is 4.55. The van der Waals surface area contributed by atoms with Gasteiger partial charge in [0.2, 0.25) is 11.8 Å². The fourth-order valence-corrected chi connectivity index (χ4v) is 3.87. The van der Waals surface area contributed by atoms with Crippen molar-refractivity contribution < 1.29 is 19.1 Å². The molecular weight excluding hydrogens is 442 g/mol. The number of nitrogens with zero attached hydrogens (tertiary/aromatic N) is 1. The van der Waals surface area contributed by atoms with Crippen molar-refractivity contribution in [2.75, 3.05) is 6.54 Å². The van der Waals surface area contributed by atoms with Crippen LogP contribution in [0.15, 0.2) is 54.6 Å². The van der Waals surface area contributed by atoms with Crippen LogP contribution in [0.5, 0.6) is 0 Å². The Morgan fingerprint density at radius 1 is 0.943 bits per heavy atom. The van der Waals surface area contributed by atoms with Gasteiger partial charge in [-0.2, -0.15) is 0 Å². The number of amides is 3. The van der Waals surface area contributed by atoms with Gasteiger partial charge in [-0.1, -0.05) is 54.6 Å². The summed E-state index contributed by atoms with van der Waals surface area (Å²) in [5, 5.41) is 5.71. The first-order valence-electron chi connectivity index (χ1n) is 12.1. The number of alkyl carbamates (subject to hydrolysis) is 1. The van der Waals surface area contributed by atoms with E-state index >= 15 is 0 Å². The molecule has 2 aromatic rings. The van der Waals surface area contributed by atoms with Crippen LogP contribution in [-0.2, 0) is 20.7 Å². The molecule has 0 radical (unpaired) electrons. The number of ether oxygens (including phenoxy) is 1. The molecule has 0 aliphatic carbocycles. The van der Waals surface area contributed by atoms with E-state index in [1.807, 2.05) is 82.3 Å². The zero-order valence-electron chi connectivity index (χ0n) is 21.9. The third-order valence-corrected chi connectivity index (χ3v) is 5.37. The number of hydrogen-bond donors (Lipinski definition) is 2. The Morgan fingerprint density at radius 3 is 2.09 bits per heavy atom. The topological polar surface area (TPSA) is 87.7 Å². The van der Waals surface area contributed by atoms with Crippen LogP contribution in [-0.4, -0.2) is 47.0 Å². The molecule has 2 N–H and O–H groups in total. The van der Waals surface area contributed by atoms with E-state index in [2.05, 4.69) is 10.6 Å². The molecule has 0 saturated carbocycles. The fraction of sp³-hybridized carbons (Fsp3) is 0.464. The van der Waals surface area contributed by atoms with Crippen molar-refractivity contribution in [1.29, 1.82) is 0 Å². The minimum Gasteiger partial charge on any atom is -0.444 e. The first kappa shape index (κ1) is 27.9. The largest absolute Gasteiger partial charge is 0.444 e. The average Bonchev–Trinajstić information content (AvgIpc) is 2.76. The van der Waals surface area contributed by atoms with Gasteiger partial charge in [-0.25, -0.2) is 4.79 Å². The molecule has 0 heterocycles. The number of carbonyl (C=O) groups is 3. The van der Waals surface area contributed by atoms with Crippen molar-refractivity contribution in [3.63, 3.8) is 0 Å². The lowest BCUT2D eigenvalue weighted by Gasteiger charge is -2.34. The van der Waals surface area contributed by atoms with Crippen LogP contribution in [0.2, 0.25) is 0 Å². The highest BCUT2D eigenvalue weighted by molar-refractivity contribution is 5.92. The Kier molecular flexibility index (Phi) is 9.87.